The van der Waals surface area contributed by atoms with E-state index in [0.717, 1.165) is 5.71 Å². The molecule has 1 heterocycles. The Kier molecular flexibility index (Phi) is 2.65. The van der Waals surface area contributed by atoms with Crippen molar-refractivity contribution in [2.45, 2.75) is 6.92 Å². The largest absolute Gasteiger partial charge is 0.481 e. The molecule has 3 nitrogen and oxygen atoms in total. The highest BCUT2D eigenvalue weighted by Gasteiger charge is 2.26. The van der Waals surface area contributed by atoms with Crippen LogP contribution < -0.4 is 0 Å². The lowest BCUT2D eigenvalue weighted by Gasteiger charge is -2.17. The molecule has 9 heavy (non-hydrogen) atoms. The molecule has 1 aliphatic rings. The molecule has 0 radical (unpaired) electrons. The Morgan fingerprint density at radius 1 is 1.89 bits per heavy atom. The van der Waals surface area contributed by atoms with Gasteiger partial charge in [-0.15, -0.1) is 12.4 Å². The summed E-state index contributed by atoms with van der Waals surface area (Å²) in [6.45, 7) is 2.21. The fraction of sp³-hybridized carbons (Fsp3) is 0.600. The summed E-state index contributed by atoms with van der Waals surface area (Å²) in [7, 11) is 0. The third-order valence-electron chi connectivity index (χ3n) is 1.33. The van der Waals surface area contributed by atoms with E-state index < -0.39 is 5.97 Å². The van der Waals surface area contributed by atoms with Gasteiger partial charge in [0.05, 0.1) is 6.54 Å². The summed E-state index contributed by atoms with van der Waals surface area (Å²) in [6.07, 6.45) is 0. The number of rotatable bonds is 1. The van der Waals surface area contributed by atoms with Crippen molar-refractivity contribution in [1.82, 2.24) is 0 Å². The third kappa shape index (κ3) is 1.42. The fourth-order valence-corrected chi connectivity index (χ4v) is 0.622. The van der Waals surface area contributed by atoms with Crippen LogP contribution in [-0.4, -0.2) is 23.3 Å². The van der Waals surface area contributed by atoms with E-state index in [1.54, 1.807) is 6.92 Å². The van der Waals surface area contributed by atoms with Gasteiger partial charge in [0, 0.05) is 5.71 Å². The zero-order valence-electron chi connectivity index (χ0n) is 5.00. The minimum Gasteiger partial charge on any atom is -0.481 e. The van der Waals surface area contributed by atoms with Crippen LogP contribution in [0.4, 0.5) is 0 Å². The molecule has 0 bridgehead atoms. The normalized spacial score (nSPS) is 23.2. The molecular formula is C5H8ClNO2. The van der Waals surface area contributed by atoms with Crippen molar-refractivity contribution in [3.63, 3.8) is 0 Å². The van der Waals surface area contributed by atoms with E-state index in [4.69, 9.17) is 5.11 Å². The van der Waals surface area contributed by atoms with Crippen molar-refractivity contribution in [3.05, 3.63) is 0 Å². The van der Waals surface area contributed by atoms with Crippen LogP contribution in [0.25, 0.3) is 0 Å². The van der Waals surface area contributed by atoms with E-state index >= 15 is 0 Å². The van der Waals surface area contributed by atoms with E-state index in [9.17, 15) is 4.79 Å². The zero-order valence-corrected chi connectivity index (χ0v) is 5.81. The summed E-state index contributed by atoms with van der Waals surface area (Å²) < 4.78 is 0. The first kappa shape index (κ1) is 8.43. The number of halogens is 1. The number of aliphatic carboxylic acids is 1. The van der Waals surface area contributed by atoms with Gasteiger partial charge in [-0.1, -0.05) is 0 Å². The Balaban J connectivity index is 0.000000640. The average Bonchev–Trinajstić information content (AvgIpc) is 1.61. The summed E-state index contributed by atoms with van der Waals surface area (Å²) in [5.41, 5.74) is 0.748. The molecule has 0 fully saturated rings. The molecule has 52 valence electrons. The van der Waals surface area contributed by atoms with Gasteiger partial charge in [-0.2, -0.15) is 0 Å². The molecule has 1 atom stereocenters. The molecule has 0 aromatic carbocycles. The molecule has 0 aromatic rings. The molecule has 1 N–H and O–H groups in total. The highest BCUT2D eigenvalue weighted by molar-refractivity contribution is 6.03. The van der Waals surface area contributed by atoms with Crippen molar-refractivity contribution < 1.29 is 9.90 Å². The average molecular weight is 150 g/mol. The smallest absolute Gasteiger partial charge is 0.314 e. The highest BCUT2D eigenvalue weighted by Crippen LogP contribution is 2.10. The maximum atomic E-state index is 10.1. The molecule has 1 unspecified atom stereocenters. The summed E-state index contributed by atoms with van der Waals surface area (Å²) in [5.74, 6) is -1.03. The van der Waals surface area contributed by atoms with E-state index in [-0.39, 0.29) is 18.3 Å². The van der Waals surface area contributed by atoms with Gasteiger partial charge < -0.3 is 5.11 Å². The topological polar surface area (TPSA) is 49.7 Å². The summed E-state index contributed by atoms with van der Waals surface area (Å²) >= 11 is 0. The molecule has 1 aliphatic heterocycles. The van der Waals surface area contributed by atoms with Crippen LogP contribution in [0.1, 0.15) is 6.92 Å². The number of carboxylic acids is 1. The quantitative estimate of drug-likeness (QED) is 0.593. The molecule has 0 spiro atoms. The second-order valence-electron chi connectivity index (χ2n) is 1.87. The van der Waals surface area contributed by atoms with Crippen LogP contribution in [0.2, 0.25) is 0 Å². The molecule has 0 saturated heterocycles. The van der Waals surface area contributed by atoms with Crippen molar-refractivity contribution >= 4 is 24.1 Å². The van der Waals surface area contributed by atoms with Crippen LogP contribution in [0, 0.1) is 5.92 Å². The van der Waals surface area contributed by atoms with Crippen LogP contribution in [0.15, 0.2) is 4.99 Å². The number of hydrogen-bond donors (Lipinski definition) is 1. The molecule has 0 saturated carbocycles. The van der Waals surface area contributed by atoms with E-state index in [1.165, 1.54) is 0 Å². The Hall–Kier alpha value is -0.570. The van der Waals surface area contributed by atoms with E-state index in [2.05, 4.69) is 4.99 Å². The number of carbonyl (C=O) groups is 1. The second-order valence-corrected chi connectivity index (χ2v) is 1.87. The Morgan fingerprint density at radius 2 is 2.44 bits per heavy atom. The maximum absolute atomic E-state index is 10.1. The first-order valence-corrected chi connectivity index (χ1v) is 2.45. The first-order valence-electron chi connectivity index (χ1n) is 2.45. The Labute approximate surface area is 59.2 Å². The standard InChI is InChI=1S/C5H7NO2.ClH/c1-3-4(2-6-3)5(7)8;/h4H,2H2,1H3,(H,7,8);1H. The number of aliphatic imine (C=N–C) groups is 1. The lowest BCUT2D eigenvalue weighted by Crippen LogP contribution is -2.32. The monoisotopic (exact) mass is 149 g/mol. The van der Waals surface area contributed by atoms with Gasteiger partial charge in [0.25, 0.3) is 0 Å². The van der Waals surface area contributed by atoms with Crippen molar-refractivity contribution in [1.29, 1.82) is 0 Å². The minimum atomic E-state index is -0.752. The first-order chi connectivity index (χ1) is 3.72. The van der Waals surface area contributed by atoms with Crippen molar-refractivity contribution in [2.24, 2.45) is 10.9 Å². The van der Waals surface area contributed by atoms with Gasteiger partial charge in [-0.05, 0) is 6.92 Å². The maximum Gasteiger partial charge on any atom is 0.314 e. The Morgan fingerprint density at radius 3 is 2.44 bits per heavy atom. The number of carboxylic acid groups (broad SMARTS) is 1. The second kappa shape index (κ2) is 2.82. The third-order valence-corrected chi connectivity index (χ3v) is 1.33. The molecule has 0 aliphatic carbocycles. The molecule has 0 amide bonds. The van der Waals surface area contributed by atoms with E-state index in [1.807, 2.05) is 0 Å². The van der Waals surface area contributed by atoms with Crippen LogP contribution >= 0.6 is 12.4 Å². The van der Waals surface area contributed by atoms with Crippen LogP contribution in [-0.2, 0) is 4.79 Å². The SMILES string of the molecule is CC1=NCC1C(=O)O.Cl. The molecule has 0 aromatic heterocycles. The van der Waals surface area contributed by atoms with E-state index in [0.29, 0.717) is 6.54 Å². The predicted octanol–water partition coefficient (Wildman–Crippen LogP) is 0.583. The Bertz CT molecular complexity index is 155. The minimum absolute atomic E-state index is 0. The van der Waals surface area contributed by atoms with Crippen molar-refractivity contribution in [2.75, 3.05) is 6.54 Å². The highest BCUT2D eigenvalue weighted by atomic mass is 35.5. The lowest BCUT2D eigenvalue weighted by atomic mass is 10.00. The van der Waals surface area contributed by atoms with Gasteiger partial charge in [0.15, 0.2) is 0 Å². The van der Waals surface area contributed by atoms with Gasteiger partial charge in [0.2, 0.25) is 0 Å². The molecule has 4 heteroatoms. The number of nitrogens with zero attached hydrogens (tertiary/aromatic N) is 1. The van der Waals surface area contributed by atoms with Gasteiger partial charge in [-0.3, -0.25) is 9.79 Å². The number of hydrogen-bond acceptors (Lipinski definition) is 2. The molecular weight excluding hydrogens is 142 g/mol. The van der Waals surface area contributed by atoms with Crippen LogP contribution in [0.3, 0.4) is 0 Å². The fourth-order valence-electron chi connectivity index (χ4n) is 0.622. The lowest BCUT2D eigenvalue weighted by molar-refractivity contribution is -0.139. The summed E-state index contributed by atoms with van der Waals surface area (Å²) in [6, 6.07) is 0. The predicted molar refractivity (Wildman–Crippen MR) is 36.3 cm³/mol. The van der Waals surface area contributed by atoms with Gasteiger partial charge >= 0.3 is 5.97 Å². The van der Waals surface area contributed by atoms with Crippen LogP contribution in [0.5, 0.6) is 0 Å². The summed E-state index contributed by atoms with van der Waals surface area (Å²) in [4.78, 5) is 13.9. The summed E-state index contributed by atoms with van der Waals surface area (Å²) in [5, 5.41) is 8.32. The molecule has 1 rings (SSSR count). The van der Waals surface area contributed by atoms with Gasteiger partial charge in [-0.25, -0.2) is 0 Å². The van der Waals surface area contributed by atoms with Gasteiger partial charge in [0.1, 0.15) is 5.92 Å². The zero-order chi connectivity index (χ0) is 6.15. The van der Waals surface area contributed by atoms with Crippen molar-refractivity contribution in [3.8, 4) is 0 Å².